The number of carbonyl (C=O) groups is 2. The van der Waals surface area contributed by atoms with E-state index in [0.717, 1.165) is 29.8 Å². The van der Waals surface area contributed by atoms with E-state index in [1.54, 1.807) is 7.11 Å². The molecule has 2 rings (SSSR count). The number of urea groups is 1. The lowest BCUT2D eigenvalue weighted by molar-refractivity contribution is -0.127. The van der Waals surface area contributed by atoms with Crippen LogP contribution in [0.1, 0.15) is 57.0 Å². The second kappa shape index (κ2) is 8.73. The Bertz CT molecular complexity index is 645. The van der Waals surface area contributed by atoms with Gasteiger partial charge < -0.3 is 20.7 Å². The van der Waals surface area contributed by atoms with Crippen LogP contribution in [0, 0.1) is 19.8 Å². The van der Waals surface area contributed by atoms with E-state index in [2.05, 4.69) is 26.1 Å². The van der Waals surface area contributed by atoms with Gasteiger partial charge >= 0.3 is 6.03 Å². The summed E-state index contributed by atoms with van der Waals surface area (Å²) in [5.74, 6) is -0.142. The van der Waals surface area contributed by atoms with Crippen LogP contribution in [-0.2, 0) is 16.1 Å². The number of methoxy groups -OCH3 is 1. The molecule has 8 heteroatoms. The lowest BCUT2D eigenvalue weighted by Gasteiger charge is -2.35. The summed E-state index contributed by atoms with van der Waals surface area (Å²) in [7, 11) is 1.64. The van der Waals surface area contributed by atoms with E-state index in [9.17, 15) is 9.59 Å². The van der Waals surface area contributed by atoms with E-state index < -0.39 is 0 Å². The van der Waals surface area contributed by atoms with Gasteiger partial charge in [0.05, 0.1) is 17.8 Å². The Balaban J connectivity index is 1.94. The Morgan fingerprint density at radius 1 is 1.26 bits per heavy atom. The number of H-pyrrole nitrogens is 1. The van der Waals surface area contributed by atoms with Gasteiger partial charge in [-0.1, -0.05) is 0 Å². The molecule has 0 radical (unpaired) electrons. The molecule has 152 valence electrons. The number of ether oxygens (including phenoxy) is 1. The Labute approximate surface area is 161 Å². The van der Waals surface area contributed by atoms with Gasteiger partial charge in [0.2, 0.25) is 5.91 Å². The Morgan fingerprint density at radius 3 is 2.52 bits per heavy atom. The van der Waals surface area contributed by atoms with Crippen molar-refractivity contribution in [2.45, 2.75) is 78.1 Å². The van der Waals surface area contributed by atoms with Gasteiger partial charge in [0, 0.05) is 36.4 Å². The SMILES string of the molecule is CO[C@@H]1CC[C@H](C(=O)NCc2c(C)n[nH]c2C)C[C@H]1NC(=O)NC(C)(C)C. The number of aryl methyl sites for hydroxylation is 2. The van der Waals surface area contributed by atoms with Crippen molar-refractivity contribution in [3.8, 4) is 0 Å². The molecule has 8 nitrogen and oxygen atoms in total. The van der Waals surface area contributed by atoms with Gasteiger partial charge in [0.1, 0.15) is 0 Å². The molecule has 1 aliphatic rings. The average Bonchev–Trinajstić information content (AvgIpc) is 2.89. The van der Waals surface area contributed by atoms with E-state index in [1.165, 1.54) is 0 Å². The molecular formula is C19H33N5O3. The summed E-state index contributed by atoms with van der Waals surface area (Å²) in [5, 5.41) is 16.0. The first-order valence-corrected chi connectivity index (χ1v) is 9.50. The molecule has 3 atom stereocenters. The number of nitrogens with one attached hydrogen (secondary N) is 4. The average molecular weight is 380 g/mol. The smallest absolute Gasteiger partial charge is 0.315 e. The number of hydrogen-bond acceptors (Lipinski definition) is 4. The number of aromatic amines is 1. The Hall–Kier alpha value is -2.09. The fourth-order valence-electron chi connectivity index (χ4n) is 3.51. The molecule has 0 unspecified atom stereocenters. The highest BCUT2D eigenvalue weighted by atomic mass is 16.5. The van der Waals surface area contributed by atoms with Crippen molar-refractivity contribution in [3.05, 3.63) is 17.0 Å². The third-order valence-electron chi connectivity index (χ3n) is 4.99. The van der Waals surface area contributed by atoms with Gasteiger partial charge in [-0.05, 0) is 53.9 Å². The van der Waals surface area contributed by atoms with E-state index in [0.29, 0.717) is 13.0 Å². The largest absolute Gasteiger partial charge is 0.379 e. The quantitative estimate of drug-likeness (QED) is 0.627. The molecule has 0 aliphatic heterocycles. The minimum absolute atomic E-state index is 0.00702. The topological polar surface area (TPSA) is 108 Å². The fraction of sp³-hybridized carbons (Fsp3) is 0.737. The van der Waals surface area contributed by atoms with Crippen molar-refractivity contribution >= 4 is 11.9 Å². The molecule has 1 fully saturated rings. The van der Waals surface area contributed by atoms with E-state index in [-0.39, 0.29) is 35.5 Å². The first-order chi connectivity index (χ1) is 12.6. The lowest BCUT2D eigenvalue weighted by atomic mass is 9.83. The van der Waals surface area contributed by atoms with Crippen LogP contribution in [-0.4, -0.2) is 46.9 Å². The molecule has 27 heavy (non-hydrogen) atoms. The number of aromatic nitrogens is 2. The van der Waals surface area contributed by atoms with E-state index in [4.69, 9.17) is 4.74 Å². The normalized spacial score (nSPS) is 23.0. The van der Waals surface area contributed by atoms with Crippen LogP contribution in [0.5, 0.6) is 0 Å². The Morgan fingerprint density at radius 2 is 1.96 bits per heavy atom. The van der Waals surface area contributed by atoms with Crippen LogP contribution in [0.4, 0.5) is 4.79 Å². The maximum absolute atomic E-state index is 12.7. The molecule has 1 aliphatic carbocycles. The molecule has 1 aromatic rings. The summed E-state index contributed by atoms with van der Waals surface area (Å²) in [5.41, 5.74) is 2.56. The van der Waals surface area contributed by atoms with Gasteiger partial charge in [0.25, 0.3) is 0 Å². The maximum atomic E-state index is 12.7. The second-order valence-corrected chi connectivity index (χ2v) is 8.37. The van der Waals surface area contributed by atoms with Crippen LogP contribution < -0.4 is 16.0 Å². The first kappa shape index (κ1) is 21.2. The highest BCUT2D eigenvalue weighted by Crippen LogP contribution is 2.27. The van der Waals surface area contributed by atoms with Crippen molar-refractivity contribution in [2.24, 2.45) is 5.92 Å². The highest BCUT2D eigenvalue weighted by Gasteiger charge is 2.35. The predicted octanol–water partition coefficient (Wildman–Crippen LogP) is 1.92. The van der Waals surface area contributed by atoms with Crippen LogP contribution in [0.15, 0.2) is 0 Å². The number of hydrogen-bond donors (Lipinski definition) is 4. The summed E-state index contributed by atoms with van der Waals surface area (Å²) in [6, 6.07) is -0.431. The van der Waals surface area contributed by atoms with Gasteiger partial charge in [-0.25, -0.2) is 4.79 Å². The predicted molar refractivity (Wildman–Crippen MR) is 103 cm³/mol. The highest BCUT2D eigenvalue weighted by molar-refractivity contribution is 5.79. The number of amides is 3. The van der Waals surface area contributed by atoms with Gasteiger partial charge in [-0.15, -0.1) is 0 Å². The minimum Gasteiger partial charge on any atom is -0.379 e. The van der Waals surface area contributed by atoms with Crippen molar-refractivity contribution in [1.82, 2.24) is 26.1 Å². The zero-order valence-electron chi connectivity index (χ0n) is 17.2. The van der Waals surface area contributed by atoms with Gasteiger partial charge in [-0.2, -0.15) is 5.10 Å². The van der Waals surface area contributed by atoms with Crippen molar-refractivity contribution in [1.29, 1.82) is 0 Å². The summed E-state index contributed by atoms with van der Waals surface area (Å²) < 4.78 is 5.53. The molecule has 3 amide bonds. The molecule has 0 saturated heterocycles. The summed E-state index contributed by atoms with van der Waals surface area (Å²) in [4.78, 5) is 24.9. The molecule has 0 spiro atoms. The van der Waals surface area contributed by atoms with Crippen LogP contribution >= 0.6 is 0 Å². The maximum Gasteiger partial charge on any atom is 0.315 e. The summed E-state index contributed by atoms with van der Waals surface area (Å²) in [6.45, 7) is 10.1. The number of nitrogens with zero attached hydrogens (tertiary/aromatic N) is 1. The number of rotatable bonds is 5. The van der Waals surface area contributed by atoms with Crippen molar-refractivity contribution in [3.63, 3.8) is 0 Å². The summed E-state index contributed by atoms with van der Waals surface area (Å²) >= 11 is 0. The Kier molecular flexibility index (Phi) is 6.86. The van der Waals surface area contributed by atoms with Crippen LogP contribution in [0.25, 0.3) is 0 Å². The van der Waals surface area contributed by atoms with Gasteiger partial charge in [-0.3, -0.25) is 9.89 Å². The lowest BCUT2D eigenvalue weighted by Crippen LogP contribution is -2.55. The molecular weight excluding hydrogens is 346 g/mol. The van der Waals surface area contributed by atoms with E-state index >= 15 is 0 Å². The molecule has 4 N–H and O–H groups in total. The molecule has 0 aromatic carbocycles. The molecule has 0 bridgehead atoms. The zero-order valence-corrected chi connectivity index (χ0v) is 17.2. The van der Waals surface area contributed by atoms with Crippen LogP contribution in [0.3, 0.4) is 0 Å². The monoisotopic (exact) mass is 379 g/mol. The second-order valence-electron chi connectivity index (χ2n) is 8.37. The molecule has 1 saturated carbocycles. The van der Waals surface area contributed by atoms with Crippen molar-refractivity contribution in [2.75, 3.05) is 7.11 Å². The zero-order chi connectivity index (χ0) is 20.2. The molecule has 1 heterocycles. The minimum atomic E-state index is -0.321. The summed E-state index contributed by atoms with van der Waals surface area (Å²) in [6.07, 6.45) is 1.95. The third-order valence-corrected chi connectivity index (χ3v) is 4.99. The first-order valence-electron chi connectivity index (χ1n) is 9.50. The number of carbonyl (C=O) groups excluding carboxylic acids is 2. The van der Waals surface area contributed by atoms with Gasteiger partial charge in [0.15, 0.2) is 0 Å². The fourth-order valence-corrected chi connectivity index (χ4v) is 3.51. The standard InChI is InChI=1S/C19H33N5O3/c1-11-14(12(2)24-23-11)10-20-17(25)13-7-8-16(27-6)15(9-13)21-18(26)22-19(3,4)5/h13,15-16H,7-10H2,1-6H3,(H,20,25)(H,23,24)(H2,21,22,26)/t13-,15+,16+/m0/s1. The third kappa shape index (κ3) is 5.95. The van der Waals surface area contributed by atoms with E-state index in [1.807, 2.05) is 34.6 Å². The van der Waals surface area contributed by atoms with Crippen LogP contribution in [0.2, 0.25) is 0 Å². The van der Waals surface area contributed by atoms with Crippen molar-refractivity contribution < 1.29 is 14.3 Å². The molecule has 1 aromatic heterocycles.